The molecule has 3 nitrogen and oxygen atoms in total. The molecule has 4 rings (SSSR count). The maximum absolute atomic E-state index is 13.2. The Morgan fingerprint density at radius 1 is 0.880 bits per heavy atom. The fourth-order valence-electron chi connectivity index (χ4n) is 2.99. The number of carbonyl (C=O) groups excluding carboxylic acids is 1. The number of rotatable bonds is 3. The van der Waals surface area contributed by atoms with E-state index in [4.69, 9.17) is 4.74 Å². The molecule has 1 aliphatic rings. The van der Waals surface area contributed by atoms with Crippen LogP contribution in [0, 0.1) is 0 Å². The molecular weight excluding hydrogens is 330 g/mol. The fourth-order valence-corrected chi connectivity index (χ4v) is 4.28. The quantitative estimate of drug-likeness (QED) is 0.656. The van der Waals surface area contributed by atoms with Gasteiger partial charge in [-0.2, -0.15) is 0 Å². The van der Waals surface area contributed by atoms with Crippen molar-refractivity contribution < 1.29 is 9.53 Å². The van der Waals surface area contributed by atoms with Crippen molar-refractivity contribution in [3.05, 3.63) is 90.0 Å². The maximum Gasteiger partial charge on any atom is 0.260 e. The molecule has 0 aliphatic carbocycles. The highest BCUT2D eigenvalue weighted by Gasteiger charge is 2.34. The van der Waals surface area contributed by atoms with Crippen molar-refractivity contribution in [3.8, 4) is 5.75 Å². The van der Waals surface area contributed by atoms with Crippen LogP contribution in [0.4, 0.5) is 5.69 Å². The van der Waals surface area contributed by atoms with Gasteiger partial charge in [-0.25, -0.2) is 0 Å². The molecule has 0 saturated heterocycles. The SMILES string of the molecule is COc1ccc(N2C(=O)c3ccccc3S[C@@H]2c2ccccc2)cc1. The Morgan fingerprint density at radius 2 is 1.56 bits per heavy atom. The molecule has 0 spiro atoms. The first-order chi connectivity index (χ1) is 12.3. The average molecular weight is 347 g/mol. The molecule has 0 N–H and O–H groups in total. The van der Waals surface area contributed by atoms with Crippen molar-refractivity contribution in [2.24, 2.45) is 0 Å². The number of fused-ring (bicyclic) bond motifs is 1. The number of nitrogens with zero attached hydrogens (tertiary/aromatic N) is 1. The Labute approximate surface area is 151 Å². The summed E-state index contributed by atoms with van der Waals surface area (Å²) < 4.78 is 5.24. The number of thioether (sulfide) groups is 1. The van der Waals surface area contributed by atoms with E-state index in [9.17, 15) is 4.79 Å². The Kier molecular flexibility index (Phi) is 4.20. The van der Waals surface area contributed by atoms with Crippen LogP contribution in [0.5, 0.6) is 5.75 Å². The number of anilines is 1. The first-order valence-electron chi connectivity index (χ1n) is 8.06. The fraction of sp³-hybridized carbons (Fsp3) is 0.0952. The van der Waals surface area contributed by atoms with Gasteiger partial charge in [0.1, 0.15) is 11.1 Å². The zero-order valence-electron chi connectivity index (χ0n) is 13.8. The first-order valence-corrected chi connectivity index (χ1v) is 8.94. The lowest BCUT2D eigenvalue weighted by Gasteiger charge is -2.36. The highest BCUT2D eigenvalue weighted by Crippen LogP contribution is 2.46. The van der Waals surface area contributed by atoms with Gasteiger partial charge < -0.3 is 4.74 Å². The second kappa shape index (κ2) is 6.65. The van der Waals surface area contributed by atoms with Gasteiger partial charge in [0.15, 0.2) is 0 Å². The first kappa shape index (κ1) is 15.8. The summed E-state index contributed by atoms with van der Waals surface area (Å²) in [6, 6.07) is 25.6. The number of benzene rings is 3. The summed E-state index contributed by atoms with van der Waals surface area (Å²) in [5.74, 6) is 0.797. The average Bonchev–Trinajstić information content (AvgIpc) is 2.69. The molecule has 0 bridgehead atoms. The number of hydrogen-bond donors (Lipinski definition) is 0. The molecule has 0 aromatic heterocycles. The lowest BCUT2D eigenvalue weighted by atomic mass is 10.1. The van der Waals surface area contributed by atoms with E-state index in [1.165, 1.54) is 0 Å². The Hall–Kier alpha value is -2.72. The predicted molar refractivity (Wildman–Crippen MR) is 101 cm³/mol. The van der Waals surface area contributed by atoms with Crippen molar-refractivity contribution in [1.82, 2.24) is 0 Å². The second-order valence-electron chi connectivity index (χ2n) is 5.75. The maximum atomic E-state index is 13.2. The third-order valence-electron chi connectivity index (χ3n) is 4.24. The molecule has 0 saturated carbocycles. The van der Waals surface area contributed by atoms with Crippen LogP contribution in [0.15, 0.2) is 83.8 Å². The third kappa shape index (κ3) is 2.89. The Morgan fingerprint density at radius 3 is 2.28 bits per heavy atom. The zero-order chi connectivity index (χ0) is 17.2. The summed E-state index contributed by atoms with van der Waals surface area (Å²) in [5, 5.41) is -0.100. The molecule has 1 atom stereocenters. The van der Waals surface area contributed by atoms with E-state index >= 15 is 0 Å². The minimum Gasteiger partial charge on any atom is -0.497 e. The van der Waals surface area contributed by atoms with Gasteiger partial charge in [-0.3, -0.25) is 9.69 Å². The molecule has 1 amide bonds. The van der Waals surface area contributed by atoms with E-state index in [2.05, 4.69) is 12.1 Å². The van der Waals surface area contributed by atoms with Crippen molar-refractivity contribution in [2.75, 3.05) is 12.0 Å². The number of hydrogen-bond acceptors (Lipinski definition) is 3. The minimum atomic E-state index is -0.100. The Balaban J connectivity index is 1.83. The van der Waals surface area contributed by atoms with Crippen LogP contribution in [0.2, 0.25) is 0 Å². The summed E-state index contributed by atoms with van der Waals surface area (Å²) in [6.45, 7) is 0. The highest BCUT2D eigenvalue weighted by atomic mass is 32.2. The summed E-state index contributed by atoms with van der Waals surface area (Å²) in [6.07, 6.45) is 0. The number of ether oxygens (including phenoxy) is 1. The van der Waals surface area contributed by atoms with Crippen LogP contribution in [0.25, 0.3) is 0 Å². The lowest BCUT2D eigenvalue weighted by Crippen LogP contribution is -2.36. The van der Waals surface area contributed by atoms with Crippen molar-refractivity contribution >= 4 is 23.4 Å². The van der Waals surface area contributed by atoms with Crippen molar-refractivity contribution in [2.45, 2.75) is 10.3 Å². The van der Waals surface area contributed by atoms with Crippen LogP contribution in [0.3, 0.4) is 0 Å². The van der Waals surface area contributed by atoms with Gasteiger partial charge in [0.05, 0.1) is 12.7 Å². The Bertz CT molecular complexity index is 893. The van der Waals surface area contributed by atoms with E-state index in [1.54, 1.807) is 18.9 Å². The minimum absolute atomic E-state index is 0.0216. The van der Waals surface area contributed by atoms with E-state index in [0.717, 1.165) is 27.5 Å². The topological polar surface area (TPSA) is 29.5 Å². The van der Waals surface area contributed by atoms with Crippen molar-refractivity contribution in [3.63, 3.8) is 0 Å². The van der Waals surface area contributed by atoms with Crippen molar-refractivity contribution in [1.29, 1.82) is 0 Å². The molecular formula is C21H17NO2S. The predicted octanol–water partition coefficient (Wildman–Crippen LogP) is 5.15. The monoisotopic (exact) mass is 347 g/mol. The molecule has 124 valence electrons. The molecule has 1 heterocycles. The van der Waals surface area contributed by atoms with Crippen LogP contribution in [-0.4, -0.2) is 13.0 Å². The number of amides is 1. The molecule has 0 radical (unpaired) electrons. The molecule has 3 aromatic carbocycles. The van der Waals surface area contributed by atoms with E-state index in [-0.39, 0.29) is 11.3 Å². The summed E-state index contributed by atoms with van der Waals surface area (Å²) >= 11 is 1.70. The second-order valence-corrected chi connectivity index (χ2v) is 6.87. The summed E-state index contributed by atoms with van der Waals surface area (Å²) in [4.78, 5) is 16.1. The number of methoxy groups -OCH3 is 1. The molecule has 0 unspecified atom stereocenters. The zero-order valence-corrected chi connectivity index (χ0v) is 14.6. The largest absolute Gasteiger partial charge is 0.497 e. The molecule has 3 aromatic rings. The van der Waals surface area contributed by atoms with Crippen LogP contribution in [-0.2, 0) is 0 Å². The molecule has 0 fully saturated rings. The van der Waals surface area contributed by atoms with Gasteiger partial charge >= 0.3 is 0 Å². The standard InChI is InChI=1S/C21H17NO2S/c1-24-17-13-11-16(12-14-17)22-20(23)18-9-5-6-10-19(18)25-21(22)15-7-3-2-4-8-15/h2-14,21H,1H3/t21-/m1/s1. The van der Waals surface area contributed by atoms with Crippen LogP contribution in [0.1, 0.15) is 21.3 Å². The highest BCUT2D eigenvalue weighted by molar-refractivity contribution is 7.99. The number of carbonyl (C=O) groups is 1. The molecule has 25 heavy (non-hydrogen) atoms. The van der Waals surface area contributed by atoms with Gasteiger partial charge in [0.25, 0.3) is 5.91 Å². The van der Waals surface area contributed by atoms with Gasteiger partial charge in [-0.1, -0.05) is 54.2 Å². The van der Waals surface area contributed by atoms with Gasteiger partial charge in [-0.15, -0.1) is 0 Å². The van der Waals surface area contributed by atoms with Gasteiger partial charge in [-0.05, 0) is 42.0 Å². The normalized spacial score (nSPS) is 16.4. The third-order valence-corrected chi connectivity index (χ3v) is 5.56. The van der Waals surface area contributed by atoms with E-state index in [1.807, 2.05) is 71.6 Å². The summed E-state index contributed by atoms with van der Waals surface area (Å²) in [5.41, 5.74) is 2.71. The lowest BCUT2D eigenvalue weighted by molar-refractivity contribution is 0.0979. The molecule has 1 aliphatic heterocycles. The van der Waals surface area contributed by atoms with Gasteiger partial charge in [0.2, 0.25) is 0 Å². The van der Waals surface area contributed by atoms with E-state index < -0.39 is 0 Å². The molecule has 4 heteroatoms. The summed E-state index contributed by atoms with van der Waals surface area (Å²) in [7, 11) is 1.64. The van der Waals surface area contributed by atoms with E-state index in [0.29, 0.717) is 0 Å². The van der Waals surface area contributed by atoms with Crippen LogP contribution < -0.4 is 9.64 Å². The smallest absolute Gasteiger partial charge is 0.260 e. The van der Waals surface area contributed by atoms with Gasteiger partial charge in [0, 0.05) is 10.6 Å². The van der Waals surface area contributed by atoms with Crippen LogP contribution >= 0.6 is 11.8 Å².